The molecule has 1 aliphatic heterocycles. The van der Waals surface area contributed by atoms with Crippen molar-refractivity contribution in [1.82, 2.24) is 10.6 Å². The first kappa shape index (κ1) is 13.6. The Labute approximate surface area is 111 Å². The Morgan fingerprint density at radius 2 is 1.89 bits per heavy atom. The van der Waals surface area contributed by atoms with Crippen molar-refractivity contribution >= 4 is 0 Å². The van der Waals surface area contributed by atoms with Crippen molar-refractivity contribution in [3.8, 4) is 0 Å². The summed E-state index contributed by atoms with van der Waals surface area (Å²) in [5.41, 5.74) is 1.83. The van der Waals surface area contributed by atoms with Crippen molar-refractivity contribution in [3.63, 3.8) is 0 Å². The summed E-state index contributed by atoms with van der Waals surface area (Å²) >= 11 is 0. The molecule has 1 aliphatic rings. The van der Waals surface area contributed by atoms with E-state index in [0.29, 0.717) is 11.5 Å². The zero-order valence-corrected chi connectivity index (χ0v) is 11.7. The fourth-order valence-electron chi connectivity index (χ4n) is 2.78. The lowest BCUT2D eigenvalue weighted by atomic mass is 9.73. The second-order valence-electron chi connectivity index (χ2n) is 5.59. The maximum absolute atomic E-state index is 3.71. The summed E-state index contributed by atoms with van der Waals surface area (Å²) in [7, 11) is 0. The van der Waals surface area contributed by atoms with Gasteiger partial charge in [0.15, 0.2) is 0 Å². The van der Waals surface area contributed by atoms with Gasteiger partial charge in [0.1, 0.15) is 0 Å². The van der Waals surface area contributed by atoms with Gasteiger partial charge in [0.2, 0.25) is 0 Å². The van der Waals surface area contributed by atoms with Crippen LogP contribution in [0.25, 0.3) is 0 Å². The number of benzene rings is 1. The van der Waals surface area contributed by atoms with Crippen LogP contribution in [0.5, 0.6) is 0 Å². The molecule has 1 unspecified atom stereocenters. The Morgan fingerprint density at radius 1 is 1.22 bits per heavy atom. The third-order valence-electron chi connectivity index (χ3n) is 4.35. The minimum Gasteiger partial charge on any atom is -0.317 e. The molecule has 0 bridgehead atoms. The van der Waals surface area contributed by atoms with Crippen LogP contribution in [0.1, 0.15) is 38.7 Å². The lowest BCUT2D eigenvalue weighted by Crippen LogP contribution is -2.48. The quantitative estimate of drug-likeness (QED) is 0.834. The maximum atomic E-state index is 3.71. The largest absolute Gasteiger partial charge is 0.317 e. The van der Waals surface area contributed by atoms with Crippen LogP contribution in [0.3, 0.4) is 0 Å². The molecular formula is C16H26N2. The van der Waals surface area contributed by atoms with Gasteiger partial charge in [-0.15, -0.1) is 0 Å². The highest BCUT2D eigenvalue weighted by molar-refractivity contribution is 5.27. The molecule has 0 saturated carbocycles. The Balaban J connectivity index is 2.13. The summed E-state index contributed by atoms with van der Waals surface area (Å²) in [6, 6.07) is 11.7. The predicted molar refractivity (Wildman–Crippen MR) is 78.0 cm³/mol. The molecule has 1 aromatic rings. The highest BCUT2D eigenvalue weighted by Gasteiger charge is 2.33. The van der Waals surface area contributed by atoms with E-state index in [0.717, 1.165) is 19.6 Å². The van der Waals surface area contributed by atoms with Gasteiger partial charge in [-0.1, -0.05) is 37.3 Å². The van der Waals surface area contributed by atoms with Crippen molar-refractivity contribution < 1.29 is 0 Å². The molecule has 0 amide bonds. The number of hydrogen-bond donors (Lipinski definition) is 2. The monoisotopic (exact) mass is 246 g/mol. The zero-order chi connectivity index (χ0) is 12.8. The highest BCUT2D eigenvalue weighted by atomic mass is 14.9. The van der Waals surface area contributed by atoms with E-state index in [4.69, 9.17) is 0 Å². The van der Waals surface area contributed by atoms with Crippen molar-refractivity contribution in [2.45, 2.75) is 44.6 Å². The SMILES string of the molecule is CCC(C)NCC1(c2ccccc2)CCNCC1. The van der Waals surface area contributed by atoms with E-state index >= 15 is 0 Å². The van der Waals surface area contributed by atoms with Gasteiger partial charge in [-0.25, -0.2) is 0 Å². The normalized spacial score (nSPS) is 20.6. The number of nitrogens with one attached hydrogen (secondary N) is 2. The molecule has 18 heavy (non-hydrogen) atoms. The van der Waals surface area contributed by atoms with Gasteiger partial charge in [0.25, 0.3) is 0 Å². The van der Waals surface area contributed by atoms with Gasteiger partial charge >= 0.3 is 0 Å². The van der Waals surface area contributed by atoms with Gasteiger partial charge in [-0.3, -0.25) is 0 Å². The van der Waals surface area contributed by atoms with Crippen LogP contribution in [0.15, 0.2) is 30.3 Å². The van der Waals surface area contributed by atoms with Crippen molar-refractivity contribution in [2.75, 3.05) is 19.6 Å². The van der Waals surface area contributed by atoms with Crippen LogP contribution in [0.4, 0.5) is 0 Å². The first-order valence-corrected chi connectivity index (χ1v) is 7.26. The minimum absolute atomic E-state index is 0.329. The summed E-state index contributed by atoms with van der Waals surface area (Å²) in [4.78, 5) is 0. The average Bonchev–Trinajstić information content (AvgIpc) is 2.46. The summed E-state index contributed by atoms with van der Waals surface area (Å²) in [5.74, 6) is 0. The standard InChI is InChI=1S/C16H26N2/c1-3-14(2)18-13-16(9-11-17-12-10-16)15-7-5-4-6-8-15/h4-8,14,17-18H,3,9-13H2,1-2H3. The second kappa shape index (κ2) is 6.35. The number of rotatable bonds is 5. The molecule has 2 N–H and O–H groups in total. The third kappa shape index (κ3) is 3.12. The first-order valence-electron chi connectivity index (χ1n) is 7.26. The lowest BCUT2D eigenvalue weighted by molar-refractivity contribution is 0.283. The van der Waals surface area contributed by atoms with E-state index in [2.05, 4.69) is 54.8 Å². The van der Waals surface area contributed by atoms with Crippen LogP contribution in [-0.4, -0.2) is 25.7 Å². The smallest absolute Gasteiger partial charge is 0.0102 e. The van der Waals surface area contributed by atoms with Gasteiger partial charge in [0, 0.05) is 18.0 Å². The Hall–Kier alpha value is -0.860. The van der Waals surface area contributed by atoms with Gasteiger partial charge < -0.3 is 10.6 Å². The number of piperidine rings is 1. The molecule has 1 aromatic carbocycles. The van der Waals surface area contributed by atoms with Gasteiger partial charge in [0.05, 0.1) is 0 Å². The van der Waals surface area contributed by atoms with Crippen LogP contribution in [-0.2, 0) is 5.41 Å². The molecule has 1 heterocycles. The Kier molecular flexibility index (Phi) is 4.79. The van der Waals surface area contributed by atoms with Gasteiger partial charge in [-0.05, 0) is 44.8 Å². The summed E-state index contributed by atoms with van der Waals surface area (Å²) < 4.78 is 0. The lowest BCUT2D eigenvalue weighted by Gasteiger charge is -2.39. The average molecular weight is 246 g/mol. The Bertz CT molecular complexity index is 341. The molecule has 1 saturated heterocycles. The molecule has 0 spiro atoms. The van der Waals surface area contributed by atoms with E-state index in [1.54, 1.807) is 0 Å². The van der Waals surface area contributed by atoms with Crippen LogP contribution >= 0.6 is 0 Å². The molecular weight excluding hydrogens is 220 g/mol. The van der Waals surface area contributed by atoms with E-state index in [9.17, 15) is 0 Å². The Morgan fingerprint density at radius 3 is 2.50 bits per heavy atom. The molecule has 1 atom stereocenters. The summed E-state index contributed by atoms with van der Waals surface area (Å²) in [6.45, 7) is 7.90. The zero-order valence-electron chi connectivity index (χ0n) is 11.7. The summed E-state index contributed by atoms with van der Waals surface area (Å²) in [6.07, 6.45) is 3.67. The third-order valence-corrected chi connectivity index (χ3v) is 4.35. The van der Waals surface area contributed by atoms with Crippen LogP contribution in [0.2, 0.25) is 0 Å². The van der Waals surface area contributed by atoms with E-state index in [-0.39, 0.29) is 0 Å². The van der Waals surface area contributed by atoms with Crippen molar-refractivity contribution in [3.05, 3.63) is 35.9 Å². The second-order valence-corrected chi connectivity index (χ2v) is 5.59. The van der Waals surface area contributed by atoms with E-state index in [1.165, 1.54) is 24.8 Å². The first-order chi connectivity index (χ1) is 8.77. The minimum atomic E-state index is 0.329. The molecule has 0 aliphatic carbocycles. The van der Waals surface area contributed by atoms with Gasteiger partial charge in [-0.2, -0.15) is 0 Å². The van der Waals surface area contributed by atoms with E-state index in [1.807, 2.05) is 0 Å². The van der Waals surface area contributed by atoms with Crippen molar-refractivity contribution in [2.24, 2.45) is 0 Å². The topological polar surface area (TPSA) is 24.1 Å². The van der Waals surface area contributed by atoms with E-state index < -0.39 is 0 Å². The number of hydrogen-bond acceptors (Lipinski definition) is 2. The fourth-order valence-corrected chi connectivity index (χ4v) is 2.78. The highest BCUT2D eigenvalue weighted by Crippen LogP contribution is 2.32. The molecule has 1 fully saturated rings. The van der Waals surface area contributed by atoms with Crippen molar-refractivity contribution in [1.29, 1.82) is 0 Å². The molecule has 0 radical (unpaired) electrons. The molecule has 2 heteroatoms. The molecule has 0 aromatic heterocycles. The molecule has 100 valence electrons. The molecule has 2 nitrogen and oxygen atoms in total. The molecule has 2 rings (SSSR count). The van der Waals surface area contributed by atoms with Crippen LogP contribution in [0, 0.1) is 0 Å². The summed E-state index contributed by atoms with van der Waals surface area (Å²) in [5, 5.41) is 7.20. The van der Waals surface area contributed by atoms with Crippen LogP contribution < -0.4 is 10.6 Å². The maximum Gasteiger partial charge on any atom is 0.0102 e. The fraction of sp³-hybridized carbons (Fsp3) is 0.625. The predicted octanol–water partition coefficient (Wildman–Crippen LogP) is 2.70.